The molecule has 0 amide bonds. The van der Waals surface area contributed by atoms with E-state index in [2.05, 4.69) is 30.7 Å². The van der Waals surface area contributed by atoms with Crippen LogP contribution >= 0.6 is 0 Å². The van der Waals surface area contributed by atoms with Crippen molar-refractivity contribution in [2.75, 3.05) is 0 Å². The van der Waals surface area contributed by atoms with Crippen molar-refractivity contribution < 1.29 is 63.1 Å². The molecule has 2 atom stereocenters. The zero-order valence-electron chi connectivity index (χ0n) is 7.09. The molecule has 0 nitrogen and oxygen atoms in total. The summed E-state index contributed by atoms with van der Waals surface area (Å²) >= 11 is 0. The molecular formula is C9H11Cl3Hf. The number of halogens is 3. The Kier molecular flexibility index (Phi) is 14.8. The van der Waals surface area contributed by atoms with E-state index in [0.29, 0.717) is 0 Å². The van der Waals surface area contributed by atoms with Gasteiger partial charge in [0.1, 0.15) is 0 Å². The molecule has 1 saturated carbocycles. The van der Waals surface area contributed by atoms with Crippen LogP contribution in [-0.2, 0) is 25.8 Å². The van der Waals surface area contributed by atoms with Gasteiger partial charge < -0.3 is 43.6 Å². The van der Waals surface area contributed by atoms with Gasteiger partial charge in [0.2, 0.25) is 0 Å². The van der Waals surface area contributed by atoms with Gasteiger partial charge in [0.05, 0.1) is 0 Å². The van der Waals surface area contributed by atoms with Crippen LogP contribution in [0, 0.1) is 18.3 Å². The van der Waals surface area contributed by atoms with E-state index in [1.54, 1.807) is 0 Å². The van der Waals surface area contributed by atoms with Crippen molar-refractivity contribution >= 4 is 0 Å². The summed E-state index contributed by atoms with van der Waals surface area (Å²) in [5, 5.41) is 0. The molecule has 2 aliphatic rings. The van der Waals surface area contributed by atoms with Crippen LogP contribution < -0.4 is 37.2 Å². The molecule has 0 spiro atoms. The molecular weight excluding hydrogens is 393 g/mol. The second kappa shape index (κ2) is 9.76. The largest absolute Gasteiger partial charge is 4.00 e. The SMILES string of the molecule is C1=CC2[CH-]CCC2C=C1.[Cl-].[Cl-].[Cl-].[Hf+4]. The van der Waals surface area contributed by atoms with Crippen LogP contribution in [0.3, 0.4) is 0 Å². The fourth-order valence-corrected chi connectivity index (χ4v) is 1.69. The first-order chi connectivity index (χ1) is 4.47. The van der Waals surface area contributed by atoms with Crippen LogP contribution in [0.5, 0.6) is 0 Å². The fraction of sp³-hybridized carbons (Fsp3) is 0.444. The first-order valence-electron chi connectivity index (χ1n) is 3.65. The third-order valence-corrected chi connectivity index (χ3v) is 2.24. The maximum Gasteiger partial charge on any atom is 4.00 e. The Bertz CT molecular complexity index is 150. The maximum atomic E-state index is 2.42. The molecule has 4 heteroatoms. The van der Waals surface area contributed by atoms with Crippen LogP contribution in [0.1, 0.15) is 12.8 Å². The average Bonchev–Trinajstić information content (AvgIpc) is 2.33. The minimum Gasteiger partial charge on any atom is -1.00 e. The summed E-state index contributed by atoms with van der Waals surface area (Å²) in [5.41, 5.74) is 0. The molecule has 0 N–H and O–H groups in total. The van der Waals surface area contributed by atoms with E-state index in [4.69, 9.17) is 0 Å². The van der Waals surface area contributed by atoms with E-state index < -0.39 is 0 Å². The molecule has 0 aliphatic heterocycles. The van der Waals surface area contributed by atoms with Gasteiger partial charge in [-0.1, -0.05) is 24.6 Å². The van der Waals surface area contributed by atoms with Crippen LogP contribution in [0.25, 0.3) is 0 Å². The van der Waals surface area contributed by atoms with Gasteiger partial charge in [-0.05, 0) is 5.92 Å². The number of fused-ring (bicyclic) bond motifs is 1. The summed E-state index contributed by atoms with van der Waals surface area (Å²) in [6, 6.07) is 0. The van der Waals surface area contributed by atoms with Gasteiger partial charge in [-0.25, -0.2) is 0 Å². The summed E-state index contributed by atoms with van der Waals surface area (Å²) < 4.78 is 0. The Morgan fingerprint density at radius 3 is 2.23 bits per heavy atom. The first-order valence-corrected chi connectivity index (χ1v) is 3.65. The predicted octanol–water partition coefficient (Wildman–Crippen LogP) is -6.65. The second-order valence-corrected chi connectivity index (χ2v) is 2.82. The van der Waals surface area contributed by atoms with Crippen LogP contribution in [0.15, 0.2) is 24.3 Å². The molecule has 0 radical (unpaired) electrons. The molecule has 0 saturated heterocycles. The quantitative estimate of drug-likeness (QED) is 0.279. The number of allylic oxidation sites excluding steroid dienone is 4. The molecule has 72 valence electrons. The van der Waals surface area contributed by atoms with E-state index in [1.165, 1.54) is 12.8 Å². The minimum atomic E-state index is 0. The number of hydrogen-bond acceptors (Lipinski definition) is 0. The van der Waals surface area contributed by atoms with E-state index in [0.717, 1.165) is 11.8 Å². The third-order valence-electron chi connectivity index (χ3n) is 2.24. The summed E-state index contributed by atoms with van der Waals surface area (Å²) in [4.78, 5) is 0. The summed E-state index contributed by atoms with van der Waals surface area (Å²) in [5.74, 6) is 1.62. The van der Waals surface area contributed by atoms with Gasteiger partial charge >= 0.3 is 25.8 Å². The zero-order valence-corrected chi connectivity index (χ0v) is 13.0. The Labute approximate surface area is 118 Å². The molecule has 1 fully saturated rings. The monoisotopic (exact) mass is 404 g/mol. The normalized spacial score (nSPS) is 27.1. The number of hydrogen-bond donors (Lipinski definition) is 0. The van der Waals surface area contributed by atoms with Crippen molar-refractivity contribution in [3.05, 3.63) is 30.7 Å². The van der Waals surface area contributed by atoms with Crippen molar-refractivity contribution in [2.24, 2.45) is 11.8 Å². The fourth-order valence-electron chi connectivity index (χ4n) is 1.69. The summed E-state index contributed by atoms with van der Waals surface area (Å²) in [6.07, 6.45) is 14.1. The van der Waals surface area contributed by atoms with Crippen LogP contribution in [-0.4, -0.2) is 0 Å². The van der Waals surface area contributed by atoms with Gasteiger partial charge in [0, 0.05) is 0 Å². The van der Waals surface area contributed by atoms with Gasteiger partial charge in [0.15, 0.2) is 0 Å². The molecule has 0 aromatic carbocycles. The Hall–Kier alpha value is 1.22. The molecule has 0 aromatic heterocycles. The van der Waals surface area contributed by atoms with Crippen molar-refractivity contribution in [1.82, 2.24) is 0 Å². The van der Waals surface area contributed by atoms with Crippen molar-refractivity contribution in [1.29, 1.82) is 0 Å². The van der Waals surface area contributed by atoms with Gasteiger partial charge in [-0.2, -0.15) is 6.42 Å². The standard InChI is InChI=1S/C9H11.3ClH.Hf/c1-2-5-9-7-3-6-8(9)4-1;;;;/h1-2,4-6,8-9H,3,7H2;3*1H;/q-1;;;;+4/p-3. The van der Waals surface area contributed by atoms with Crippen LogP contribution in [0.4, 0.5) is 0 Å². The molecule has 0 aromatic rings. The molecule has 0 heterocycles. The molecule has 2 aliphatic carbocycles. The minimum absolute atomic E-state index is 0. The zero-order chi connectivity index (χ0) is 6.10. The van der Waals surface area contributed by atoms with Crippen molar-refractivity contribution in [3.8, 4) is 0 Å². The Morgan fingerprint density at radius 2 is 1.62 bits per heavy atom. The van der Waals surface area contributed by atoms with Gasteiger partial charge in [-0.3, -0.25) is 0 Å². The Balaban J connectivity index is -0.000000250. The predicted molar refractivity (Wildman–Crippen MR) is 38.8 cm³/mol. The molecule has 2 unspecified atom stereocenters. The van der Waals surface area contributed by atoms with Crippen molar-refractivity contribution in [3.63, 3.8) is 0 Å². The van der Waals surface area contributed by atoms with E-state index in [9.17, 15) is 0 Å². The number of rotatable bonds is 0. The first kappa shape index (κ1) is 19.7. The average molecular weight is 404 g/mol. The Morgan fingerprint density at radius 1 is 1.00 bits per heavy atom. The smallest absolute Gasteiger partial charge is 1.00 e. The topological polar surface area (TPSA) is 0 Å². The summed E-state index contributed by atoms with van der Waals surface area (Å²) in [7, 11) is 0. The van der Waals surface area contributed by atoms with Crippen molar-refractivity contribution in [2.45, 2.75) is 12.8 Å². The third kappa shape index (κ3) is 5.01. The van der Waals surface area contributed by atoms with Gasteiger partial charge in [0.25, 0.3) is 0 Å². The van der Waals surface area contributed by atoms with E-state index in [1.807, 2.05) is 0 Å². The molecule has 2 rings (SSSR count). The maximum absolute atomic E-state index is 2.42. The molecule has 13 heavy (non-hydrogen) atoms. The summed E-state index contributed by atoms with van der Waals surface area (Å²) in [6.45, 7) is 0. The van der Waals surface area contributed by atoms with E-state index >= 15 is 0 Å². The van der Waals surface area contributed by atoms with E-state index in [-0.39, 0.29) is 63.1 Å². The van der Waals surface area contributed by atoms with Crippen LogP contribution in [0.2, 0.25) is 0 Å². The van der Waals surface area contributed by atoms with Gasteiger partial charge in [-0.15, -0.1) is 12.0 Å². The molecule has 0 bridgehead atoms. The second-order valence-electron chi connectivity index (χ2n) is 2.82.